The highest BCUT2D eigenvalue weighted by atomic mass is 35.5. The zero-order chi connectivity index (χ0) is 20.6. The Labute approximate surface area is 172 Å². The maximum absolute atomic E-state index is 12.2. The molecule has 2 amide bonds. The third-order valence-electron chi connectivity index (χ3n) is 3.85. The fraction of sp³-hybridized carbons (Fsp3) is 0.100. The van der Waals surface area contributed by atoms with Gasteiger partial charge in [0.05, 0.1) is 25.4 Å². The van der Waals surface area contributed by atoms with Crippen LogP contribution >= 0.6 is 11.6 Å². The Morgan fingerprint density at radius 2 is 1.97 bits per heavy atom. The summed E-state index contributed by atoms with van der Waals surface area (Å²) in [6, 6.07) is 14.4. The number of amides is 2. The molecule has 2 N–H and O–H groups in total. The average molecular weight is 412 g/mol. The van der Waals surface area contributed by atoms with Crippen LogP contribution in [0.25, 0.3) is 6.08 Å². The molecule has 0 fully saturated rings. The van der Waals surface area contributed by atoms with Crippen LogP contribution < -0.4 is 15.6 Å². The van der Waals surface area contributed by atoms with Crippen LogP contribution in [0, 0.1) is 0 Å². The summed E-state index contributed by atoms with van der Waals surface area (Å²) in [4.78, 5) is 24.2. The van der Waals surface area contributed by atoms with Crippen molar-refractivity contribution in [3.8, 4) is 5.75 Å². The van der Waals surface area contributed by atoms with Gasteiger partial charge in [-0.2, -0.15) is 0 Å². The third kappa shape index (κ3) is 5.66. The summed E-state index contributed by atoms with van der Waals surface area (Å²) in [5, 5.41) is 8.38. The first-order valence-corrected chi connectivity index (χ1v) is 8.99. The normalized spacial score (nSPS) is 10.7. The molecule has 148 valence electrons. The summed E-state index contributed by atoms with van der Waals surface area (Å²) in [7, 11) is 1.44. The Bertz CT molecular complexity index is 1030. The van der Waals surface area contributed by atoms with E-state index >= 15 is 0 Å². The Balaban J connectivity index is 1.54. The molecule has 0 unspecified atom stereocenters. The monoisotopic (exact) mass is 411 g/mol. The first-order chi connectivity index (χ1) is 14.0. The number of nitrogens with zero attached hydrogens (tertiary/aromatic N) is 3. The molecule has 0 spiro atoms. The summed E-state index contributed by atoms with van der Waals surface area (Å²) in [5.41, 5.74) is 6.40. The summed E-state index contributed by atoms with van der Waals surface area (Å²) < 4.78 is 6.78. The number of methoxy groups -OCH3 is 1. The van der Waals surface area contributed by atoms with Gasteiger partial charge in [-0.3, -0.25) is 20.4 Å². The SMILES string of the molecule is COc1ccc(Cl)cc1C(=O)NNC(=O)/C=C/c1cn(Cc2ccccc2)nn1. The predicted molar refractivity (Wildman–Crippen MR) is 108 cm³/mol. The summed E-state index contributed by atoms with van der Waals surface area (Å²) in [5.74, 6) is -0.747. The van der Waals surface area contributed by atoms with Crippen LogP contribution in [-0.2, 0) is 11.3 Å². The van der Waals surface area contributed by atoms with Gasteiger partial charge in [0.2, 0.25) is 0 Å². The lowest BCUT2D eigenvalue weighted by molar-refractivity contribution is -0.117. The van der Waals surface area contributed by atoms with Gasteiger partial charge in [0.25, 0.3) is 11.8 Å². The van der Waals surface area contributed by atoms with E-state index in [1.165, 1.54) is 25.3 Å². The zero-order valence-corrected chi connectivity index (χ0v) is 16.3. The highest BCUT2D eigenvalue weighted by molar-refractivity contribution is 6.31. The Kier molecular flexibility index (Phi) is 6.59. The minimum atomic E-state index is -0.556. The van der Waals surface area contributed by atoms with Crippen molar-refractivity contribution in [1.82, 2.24) is 25.8 Å². The fourth-order valence-electron chi connectivity index (χ4n) is 2.48. The number of hydrogen-bond acceptors (Lipinski definition) is 5. The van der Waals surface area contributed by atoms with Gasteiger partial charge in [0, 0.05) is 11.1 Å². The minimum Gasteiger partial charge on any atom is -0.496 e. The molecule has 2 aromatic carbocycles. The first kappa shape index (κ1) is 20.1. The van der Waals surface area contributed by atoms with Gasteiger partial charge in [0.15, 0.2) is 0 Å². The lowest BCUT2D eigenvalue weighted by Crippen LogP contribution is -2.40. The first-order valence-electron chi connectivity index (χ1n) is 8.61. The molecule has 0 bridgehead atoms. The number of nitrogens with one attached hydrogen (secondary N) is 2. The molecule has 3 rings (SSSR count). The number of ether oxygens (including phenoxy) is 1. The van der Waals surface area contributed by atoms with Gasteiger partial charge >= 0.3 is 0 Å². The molecule has 1 heterocycles. The largest absolute Gasteiger partial charge is 0.496 e. The number of hydrogen-bond donors (Lipinski definition) is 2. The molecule has 0 saturated carbocycles. The second kappa shape index (κ2) is 9.52. The standard InChI is InChI=1S/C20H18ClN5O3/c1-29-18-9-7-15(21)11-17(18)20(28)24-23-19(27)10-8-16-13-26(25-22-16)12-14-5-3-2-4-6-14/h2-11,13H,12H2,1H3,(H,23,27)(H,24,28)/b10-8+. The van der Waals surface area contributed by atoms with E-state index in [4.69, 9.17) is 16.3 Å². The summed E-state index contributed by atoms with van der Waals surface area (Å²) >= 11 is 5.90. The number of benzene rings is 2. The average Bonchev–Trinajstić information content (AvgIpc) is 3.18. The molecular formula is C20H18ClN5O3. The molecule has 8 nitrogen and oxygen atoms in total. The smallest absolute Gasteiger partial charge is 0.273 e. The molecule has 3 aromatic rings. The highest BCUT2D eigenvalue weighted by Crippen LogP contribution is 2.22. The maximum Gasteiger partial charge on any atom is 0.273 e. The van der Waals surface area contributed by atoms with Crippen molar-refractivity contribution >= 4 is 29.5 Å². The van der Waals surface area contributed by atoms with Crippen molar-refractivity contribution in [2.45, 2.75) is 6.54 Å². The molecule has 0 atom stereocenters. The van der Waals surface area contributed by atoms with Crippen molar-refractivity contribution in [3.63, 3.8) is 0 Å². The van der Waals surface area contributed by atoms with Crippen molar-refractivity contribution < 1.29 is 14.3 Å². The van der Waals surface area contributed by atoms with Crippen LogP contribution in [0.1, 0.15) is 21.6 Å². The number of rotatable bonds is 6. The van der Waals surface area contributed by atoms with Crippen LogP contribution in [0.2, 0.25) is 5.02 Å². The van der Waals surface area contributed by atoms with E-state index in [0.29, 0.717) is 23.0 Å². The van der Waals surface area contributed by atoms with E-state index in [2.05, 4.69) is 21.2 Å². The van der Waals surface area contributed by atoms with Crippen molar-refractivity contribution in [1.29, 1.82) is 0 Å². The van der Waals surface area contributed by atoms with Gasteiger partial charge in [-0.1, -0.05) is 47.1 Å². The second-order valence-electron chi connectivity index (χ2n) is 5.95. The molecule has 0 radical (unpaired) electrons. The topological polar surface area (TPSA) is 98.1 Å². The summed E-state index contributed by atoms with van der Waals surface area (Å²) in [6.07, 6.45) is 4.45. The quantitative estimate of drug-likeness (QED) is 0.479. The van der Waals surface area contributed by atoms with Crippen LogP contribution in [0.3, 0.4) is 0 Å². The van der Waals surface area contributed by atoms with Gasteiger partial charge < -0.3 is 4.74 Å². The van der Waals surface area contributed by atoms with E-state index in [0.717, 1.165) is 5.56 Å². The number of carbonyl (C=O) groups is 2. The third-order valence-corrected chi connectivity index (χ3v) is 4.09. The minimum absolute atomic E-state index is 0.202. The maximum atomic E-state index is 12.2. The Morgan fingerprint density at radius 1 is 1.17 bits per heavy atom. The zero-order valence-electron chi connectivity index (χ0n) is 15.5. The van der Waals surface area contributed by atoms with Crippen molar-refractivity contribution in [2.75, 3.05) is 7.11 Å². The lowest BCUT2D eigenvalue weighted by Gasteiger charge is -2.09. The van der Waals surface area contributed by atoms with Crippen LogP contribution in [0.4, 0.5) is 0 Å². The van der Waals surface area contributed by atoms with Crippen molar-refractivity contribution in [3.05, 3.63) is 82.6 Å². The Hall–Kier alpha value is -3.65. The van der Waals surface area contributed by atoms with Crippen molar-refractivity contribution in [2.24, 2.45) is 0 Å². The molecule has 0 aliphatic rings. The van der Waals surface area contributed by atoms with Crippen LogP contribution in [0.15, 0.2) is 60.8 Å². The molecular weight excluding hydrogens is 394 g/mol. The van der Waals surface area contributed by atoms with E-state index in [1.54, 1.807) is 23.0 Å². The summed E-state index contributed by atoms with van der Waals surface area (Å²) in [6.45, 7) is 0.575. The number of hydrazine groups is 1. The fourth-order valence-corrected chi connectivity index (χ4v) is 2.66. The van der Waals surface area contributed by atoms with Gasteiger partial charge in [0.1, 0.15) is 11.4 Å². The van der Waals surface area contributed by atoms with E-state index in [1.807, 2.05) is 30.3 Å². The molecule has 29 heavy (non-hydrogen) atoms. The number of aromatic nitrogens is 3. The molecule has 9 heteroatoms. The van der Waals surface area contributed by atoms with E-state index < -0.39 is 11.8 Å². The molecule has 0 saturated heterocycles. The molecule has 1 aromatic heterocycles. The van der Waals surface area contributed by atoms with Gasteiger partial charge in [-0.15, -0.1) is 5.10 Å². The van der Waals surface area contributed by atoms with Gasteiger partial charge in [-0.25, -0.2) is 4.68 Å². The molecule has 0 aliphatic carbocycles. The highest BCUT2D eigenvalue weighted by Gasteiger charge is 2.13. The number of carbonyl (C=O) groups excluding carboxylic acids is 2. The van der Waals surface area contributed by atoms with Crippen LogP contribution in [-0.4, -0.2) is 33.9 Å². The second-order valence-corrected chi connectivity index (χ2v) is 6.38. The van der Waals surface area contributed by atoms with E-state index in [9.17, 15) is 9.59 Å². The molecule has 0 aliphatic heterocycles. The van der Waals surface area contributed by atoms with E-state index in [-0.39, 0.29) is 5.56 Å². The van der Waals surface area contributed by atoms with Gasteiger partial charge in [-0.05, 0) is 29.8 Å². The number of halogens is 1. The predicted octanol–water partition coefficient (Wildman–Crippen LogP) is 2.46. The van der Waals surface area contributed by atoms with Crippen LogP contribution in [0.5, 0.6) is 5.75 Å². The Morgan fingerprint density at radius 3 is 2.72 bits per heavy atom. The lowest BCUT2D eigenvalue weighted by atomic mass is 10.2.